The number of rotatable bonds is 4. The lowest BCUT2D eigenvalue weighted by Crippen LogP contribution is -2.48. The number of morpholine rings is 1. The van der Waals surface area contributed by atoms with Crippen LogP contribution in [-0.4, -0.2) is 43.4 Å². The Morgan fingerprint density at radius 2 is 2.33 bits per heavy atom. The number of esters is 1. The summed E-state index contributed by atoms with van der Waals surface area (Å²) in [6.45, 7) is 6.44. The number of carbonyl (C=O) groups is 1. The predicted molar refractivity (Wildman–Crippen MR) is 80.0 cm³/mol. The number of methoxy groups -OCH3 is 1. The molecule has 1 aromatic heterocycles. The van der Waals surface area contributed by atoms with Crippen LogP contribution in [0.2, 0.25) is 0 Å². The molecule has 2 rings (SSSR count). The SMILES string of the molecule is COC(=O)C[C@H](N)c1cncc(N2CCOC(C)(C)C2)c1. The second-order valence-electron chi connectivity index (χ2n) is 5.89. The van der Waals surface area contributed by atoms with Gasteiger partial charge in [0.2, 0.25) is 0 Å². The van der Waals surface area contributed by atoms with Crippen LogP contribution in [0.1, 0.15) is 31.9 Å². The van der Waals surface area contributed by atoms with Gasteiger partial charge in [0.25, 0.3) is 0 Å². The summed E-state index contributed by atoms with van der Waals surface area (Å²) in [5.41, 5.74) is 7.70. The van der Waals surface area contributed by atoms with Crippen molar-refractivity contribution in [1.82, 2.24) is 4.98 Å². The molecule has 2 N–H and O–H groups in total. The molecule has 6 nitrogen and oxygen atoms in total. The Balaban J connectivity index is 2.12. The molecular weight excluding hydrogens is 270 g/mol. The van der Waals surface area contributed by atoms with E-state index in [1.165, 1.54) is 7.11 Å². The van der Waals surface area contributed by atoms with E-state index < -0.39 is 6.04 Å². The van der Waals surface area contributed by atoms with Crippen molar-refractivity contribution < 1.29 is 14.3 Å². The van der Waals surface area contributed by atoms with Crippen LogP contribution in [-0.2, 0) is 14.3 Å². The summed E-state index contributed by atoms with van der Waals surface area (Å²) in [6, 6.07) is 1.58. The summed E-state index contributed by atoms with van der Waals surface area (Å²) in [4.78, 5) is 17.8. The second-order valence-corrected chi connectivity index (χ2v) is 5.89. The highest BCUT2D eigenvalue weighted by Gasteiger charge is 2.27. The van der Waals surface area contributed by atoms with E-state index in [1.54, 1.807) is 6.20 Å². The molecular formula is C15H23N3O3. The monoisotopic (exact) mass is 293 g/mol. The first-order valence-corrected chi connectivity index (χ1v) is 7.07. The fourth-order valence-electron chi connectivity index (χ4n) is 2.44. The van der Waals surface area contributed by atoms with E-state index in [-0.39, 0.29) is 18.0 Å². The third-order valence-corrected chi connectivity index (χ3v) is 3.58. The number of anilines is 1. The summed E-state index contributed by atoms with van der Waals surface area (Å²) in [7, 11) is 1.36. The van der Waals surface area contributed by atoms with Crippen molar-refractivity contribution in [3.63, 3.8) is 0 Å². The van der Waals surface area contributed by atoms with E-state index in [1.807, 2.05) is 12.3 Å². The lowest BCUT2D eigenvalue weighted by atomic mass is 10.0. The fraction of sp³-hybridized carbons (Fsp3) is 0.600. The first kappa shape index (κ1) is 15.7. The smallest absolute Gasteiger partial charge is 0.307 e. The Bertz CT molecular complexity index is 505. The average Bonchev–Trinajstić information content (AvgIpc) is 2.46. The minimum atomic E-state index is -0.404. The van der Waals surface area contributed by atoms with Crippen molar-refractivity contribution in [2.45, 2.75) is 31.9 Å². The number of carbonyl (C=O) groups excluding carboxylic acids is 1. The van der Waals surface area contributed by atoms with E-state index in [4.69, 9.17) is 10.5 Å². The number of nitrogens with two attached hydrogens (primary N) is 1. The number of nitrogens with zero attached hydrogens (tertiary/aromatic N) is 2. The highest BCUT2D eigenvalue weighted by atomic mass is 16.5. The van der Waals surface area contributed by atoms with Gasteiger partial charge in [0, 0.05) is 25.3 Å². The third kappa shape index (κ3) is 4.15. The molecule has 1 fully saturated rings. The lowest BCUT2D eigenvalue weighted by Gasteiger charge is -2.39. The predicted octanol–water partition coefficient (Wildman–Crippen LogP) is 1.26. The standard InChI is InChI=1S/C15H23N3O3/c1-15(2)10-18(4-5-21-15)12-6-11(8-17-9-12)13(16)7-14(19)20-3/h6,8-9,13H,4-5,7,10,16H2,1-3H3/t13-/m0/s1. The van der Waals surface area contributed by atoms with Gasteiger partial charge in [-0.1, -0.05) is 0 Å². The molecule has 0 spiro atoms. The minimum Gasteiger partial charge on any atom is -0.469 e. The summed E-state index contributed by atoms with van der Waals surface area (Å²) in [5, 5.41) is 0. The highest BCUT2D eigenvalue weighted by molar-refractivity contribution is 5.70. The van der Waals surface area contributed by atoms with Gasteiger partial charge in [-0.05, 0) is 25.5 Å². The molecule has 6 heteroatoms. The van der Waals surface area contributed by atoms with Gasteiger partial charge in [-0.15, -0.1) is 0 Å². The molecule has 0 saturated carbocycles. The van der Waals surface area contributed by atoms with Crippen LogP contribution in [0.4, 0.5) is 5.69 Å². The zero-order valence-corrected chi connectivity index (χ0v) is 12.8. The summed E-state index contributed by atoms with van der Waals surface area (Å²) in [5.74, 6) is -0.319. The third-order valence-electron chi connectivity index (χ3n) is 3.58. The van der Waals surface area contributed by atoms with Crippen molar-refractivity contribution in [2.75, 3.05) is 31.7 Å². The summed E-state index contributed by atoms with van der Waals surface area (Å²) >= 11 is 0. The van der Waals surface area contributed by atoms with Crippen LogP contribution >= 0.6 is 0 Å². The lowest BCUT2D eigenvalue weighted by molar-refractivity contribution is -0.141. The minimum absolute atomic E-state index is 0.149. The van der Waals surface area contributed by atoms with Crippen LogP contribution in [0.5, 0.6) is 0 Å². The van der Waals surface area contributed by atoms with Gasteiger partial charge in [-0.3, -0.25) is 9.78 Å². The van der Waals surface area contributed by atoms with Crippen LogP contribution in [0.3, 0.4) is 0 Å². The number of ether oxygens (including phenoxy) is 2. The maximum atomic E-state index is 11.3. The molecule has 1 saturated heterocycles. The summed E-state index contributed by atoms with van der Waals surface area (Å²) < 4.78 is 10.4. The van der Waals surface area contributed by atoms with Gasteiger partial charge in [0.15, 0.2) is 0 Å². The molecule has 1 atom stereocenters. The van der Waals surface area contributed by atoms with E-state index in [0.29, 0.717) is 6.61 Å². The molecule has 0 aromatic carbocycles. The van der Waals surface area contributed by atoms with Crippen molar-refractivity contribution in [3.8, 4) is 0 Å². The van der Waals surface area contributed by atoms with Gasteiger partial charge < -0.3 is 20.1 Å². The zero-order chi connectivity index (χ0) is 15.5. The molecule has 0 aliphatic carbocycles. The fourth-order valence-corrected chi connectivity index (χ4v) is 2.44. The van der Waals surface area contributed by atoms with Crippen molar-refractivity contribution in [2.24, 2.45) is 5.73 Å². The highest BCUT2D eigenvalue weighted by Crippen LogP contribution is 2.25. The van der Waals surface area contributed by atoms with Gasteiger partial charge >= 0.3 is 5.97 Å². The van der Waals surface area contributed by atoms with E-state index in [2.05, 4.69) is 28.5 Å². The molecule has 1 aliphatic rings. The van der Waals surface area contributed by atoms with Crippen LogP contribution in [0, 0.1) is 0 Å². The van der Waals surface area contributed by atoms with Crippen molar-refractivity contribution in [3.05, 3.63) is 24.0 Å². The molecule has 1 aromatic rings. The first-order chi connectivity index (χ1) is 9.91. The topological polar surface area (TPSA) is 77.7 Å². The Labute approximate surface area is 125 Å². The number of hydrogen-bond acceptors (Lipinski definition) is 6. The Kier molecular flexibility index (Phi) is 4.80. The molecule has 0 radical (unpaired) electrons. The maximum absolute atomic E-state index is 11.3. The van der Waals surface area contributed by atoms with Crippen LogP contribution in [0.25, 0.3) is 0 Å². The van der Waals surface area contributed by atoms with Gasteiger partial charge in [0.05, 0.1) is 37.6 Å². The molecule has 116 valence electrons. The average molecular weight is 293 g/mol. The Morgan fingerprint density at radius 3 is 3.00 bits per heavy atom. The molecule has 0 unspecified atom stereocenters. The van der Waals surface area contributed by atoms with Crippen LogP contribution in [0.15, 0.2) is 18.5 Å². The van der Waals surface area contributed by atoms with E-state index in [0.717, 1.165) is 24.3 Å². The Morgan fingerprint density at radius 1 is 1.57 bits per heavy atom. The molecule has 2 heterocycles. The normalized spacial score (nSPS) is 19.1. The number of pyridine rings is 1. The Hall–Kier alpha value is -1.66. The largest absolute Gasteiger partial charge is 0.469 e. The zero-order valence-electron chi connectivity index (χ0n) is 12.8. The van der Waals surface area contributed by atoms with Crippen molar-refractivity contribution in [1.29, 1.82) is 0 Å². The van der Waals surface area contributed by atoms with E-state index in [9.17, 15) is 4.79 Å². The van der Waals surface area contributed by atoms with Crippen molar-refractivity contribution >= 4 is 11.7 Å². The first-order valence-electron chi connectivity index (χ1n) is 7.07. The number of hydrogen-bond donors (Lipinski definition) is 1. The molecule has 1 aliphatic heterocycles. The summed E-state index contributed by atoms with van der Waals surface area (Å²) in [6.07, 6.45) is 3.66. The quantitative estimate of drug-likeness (QED) is 0.842. The number of aromatic nitrogens is 1. The van der Waals surface area contributed by atoms with Crippen LogP contribution < -0.4 is 10.6 Å². The van der Waals surface area contributed by atoms with Gasteiger partial charge in [-0.25, -0.2) is 0 Å². The molecule has 0 amide bonds. The van der Waals surface area contributed by atoms with E-state index >= 15 is 0 Å². The molecule has 0 bridgehead atoms. The van der Waals surface area contributed by atoms with Gasteiger partial charge in [0.1, 0.15) is 0 Å². The van der Waals surface area contributed by atoms with Gasteiger partial charge in [-0.2, -0.15) is 0 Å². The second kappa shape index (κ2) is 6.41. The maximum Gasteiger partial charge on any atom is 0.307 e. The molecule has 21 heavy (non-hydrogen) atoms.